The fourth-order valence-electron chi connectivity index (χ4n) is 2.16. The fourth-order valence-corrected chi connectivity index (χ4v) is 2.16. The number of hydrogen-bond acceptors (Lipinski definition) is 1. The summed E-state index contributed by atoms with van der Waals surface area (Å²) in [4.78, 5) is 0. The highest BCUT2D eigenvalue weighted by Crippen LogP contribution is 2.31. The van der Waals surface area contributed by atoms with Crippen LogP contribution < -0.4 is 0 Å². The summed E-state index contributed by atoms with van der Waals surface area (Å²) in [5.41, 5.74) is 0.467. The first-order valence-corrected chi connectivity index (χ1v) is 4.98. The standard InChI is InChI=1S/C11H13F2NO/c1-14(15)5-4-8(7-14)10-3-2-9(12)6-11(10)13/h2-3,6,8H,4-5,7H2,1H3. The van der Waals surface area contributed by atoms with Gasteiger partial charge >= 0.3 is 0 Å². The lowest BCUT2D eigenvalue weighted by Gasteiger charge is -2.33. The van der Waals surface area contributed by atoms with E-state index in [1.165, 1.54) is 12.1 Å². The molecule has 0 radical (unpaired) electrons. The molecular weight excluding hydrogens is 200 g/mol. The molecule has 2 atom stereocenters. The van der Waals surface area contributed by atoms with Crippen molar-refractivity contribution < 1.29 is 13.4 Å². The van der Waals surface area contributed by atoms with Gasteiger partial charge in [0.05, 0.1) is 20.1 Å². The van der Waals surface area contributed by atoms with E-state index in [2.05, 4.69) is 0 Å². The molecule has 82 valence electrons. The first-order chi connectivity index (χ1) is 6.98. The predicted molar refractivity (Wildman–Crippen MR) is 53.0 cm³/mol. The summed E-state index contributed by atoms with van der Waals surface area (Å²) < 4.78 is 25.8. The van der Waals surface area contributed by atoms with Gasteiger partial charge in [-0.15, -0.1) is 0 Å². The Kier molecular flexibility index (Phi) is 2.48. The molecule has 0 saturated carbocycles. The van der Waals surface area contributed by atoms with Crippen LogP contribution in [0.15, 0.2) is 18.2 Å². The maximum Gasteiger partial charge on any atom is 0.129 e. The highest BCUT2D eigenvalue weighted by Gasteiger charge is 2.30. The van der Waals surface area contributed by atoms with Crippen LogP contribution in [0.2, 0.25) is 0 Å². The Morgan fingerprint density at radius 1 is 1.40 bits per heavy atom. The van der Waals surface area contributed by atoms with Crippen molar-refractivity contribution in [2.24, 2.45) is 0 Å². The van der Waals surface area contributed by atoms with Crippen molar-refractivity contribution in [3.8, 4) is 0 Å². The number of hydroxylamine groups is 3. The minimum absolute atomic E-state index is 0.0758. The number of benzene rings is 1. The molecule has 1 aromatic carbocycles. The van der Waals surface area contributed by atoms with Gasteiger partial charge in [0.2, 0.25) is 0 Å². The second-order valence-electron chi connectivity index (χ2n) is 4.35. The molecule has 1 aliphatic heterocycles. The van der Waals surface area contributed by atoms with Crippen LogP contribution in [-0.2, 0) is 0 Å². The first-order valence-electron chi connectivity index (χ1n) is 4.98. The third-order valence-electron chi connectivity index (χ3n) is 2.96. The molecule has 0 amide bonds. The summed E-state index contributed by atoms with van der Waals surface area (Å²) in [6.07, 6.45) is 0.669. The van der Waals surface area contributed by atoms with Gasteiger partial charge in [-0.3, -0.25) is 0 Å². The van der Waals surface area contributed by atoms with Crippen molar-refractivity contribution in [2.75, 3.05) is 20.1 Å². The van der Waals surface area contributed by atoms with E-state index < -0.39 is 11.6 Å². The molecule has 1 heterocycles. The Balaban J connectivity index is 2.24. The predicted octanol–water partition coefficient (Wildman–Crippen LogP) is 2.40. The molecule has 15 heavy (non-hydrogen) atoms. The fraction of sp³-hybridized carbons (Fsp3) is 0.455. The van der Waals surface area contributed by atoms with E-state index in [9.17, 15) is 14.0 Å². The third-order valence-corrected chi connectivity index (χ3v) is 2.96. The van der Waals surface area contributed by atoms with Gasteiger partial charge < -0.3 is 9.85 Å². The highest BCUT2D eigenvalue weighted by molar-refractivity contribution is 5.23. The van der Waals surface area contributed by atoms with Gasteiger partial charge in [-0.05, 0) is 11.6 Å². The Morgan fingerprint density at radius 2 is 2.13 bits per heavy atom. The lowest BCUT2D eigenvalue weighted by molar-refractivity contribution is -0.848. The van der Waals surface area contributed by atoms with E-state index in [1.54, 1.807) is 7.05 Å². The molecular formula is C11H13F2NO. The minimum Gasteiger partial charge on any atom is -0.633 e. The van der Waals surface area contributed by atoms with Crippen LogP contribution >= 0.6 is 0 Å². The number of quaternary nitrogens is 1. The average Bonchev–Trinajstić information content (AvgIpc) is 2.46. The molecule has 1 fully saturated rings. The smallest absolute Gasteiger partial charge is 0.129 e. The summed E-state index contributed by atoms with van der Waals surface area (Å²) >= 11 is 0. The summed E-state index contributed by atoms with van der Waals surface area (Å²) in [5, 5.41) is 11.6. The van der Waals surface area contributed by atoms with Crippen LogP contribution in [0.3, 0.4) is 0 Å². The third kappa shape index (κ3) is 2.16. The van der Waals surface area contributed by atoms with E-state index in [1.807, 2.05) is 0 Å². The molecule has 0 aliphatic carbocycles. The largest absolute Gasteiger partial charge is 0.633 e. The molecule has 1 saturated heterocycles. The number of rotatable bonds is 1. The second kappa shape index (κ2) is 3.54. The second-order valence-corrected chi connectivity index (χ2v) is 4.35. The van der Waals surface area contributed by atoms with Gasteiger partial charge in [0.15, 0.2) is 0 Å². The molecule has 2 nitrogen and oxygen atoms in total. The van der Waals surface area contributed by atoms with Gasteiger partial charge in [-0.25, -0.2) is 8.78 Å². The maximum absolute atomic E-state index is 13.4. The molecule has 0 aromatic heterocycles. The first kappa shape index (κ1) is 10.5. The lowest BCUT2D eigenvalue weighted by atomic mass is 9.98. The van der Waals surface area contributed by atoms with Crippen molar-refractivity contribution in [1.29, 1.82) is 0 Å². The minimum atomic E-state index is -0.575. The Bertz CT molecular complexity index is 379. The van der Waals surface area contributed by atoms with Gasteiger partial charge in [0.1, 0.15) is 11.6 Å². The maximum atomic E-state index is 13.4. The van der Waals surface area contributed by atoms with Gasteiger partial charge in [-0.1, -0.05) is 6.07 Å². The zero-order valence-electron chi connectivity index (χ0n) is 8.54. The molecule has 1 aliphatic rings. The number of nitrogens with zero attached hydrogens (tertiary/aromatic N) is 1. The molecule has 0 N–H and O–H groups in total. The van der Waals surface area contributed by atoms with Crippen molar-refractivity contribution in [2.45, 2.75) is 12.3 Å². The molecule has 0 bridgehead atoms. The molecule has 1 aromatic rings. The average molecular weight is 213 g/mol. The molecule has 4 heteroatoms. The Labute approximate surface area is 87.3 Å². The topological polar surface area (TPSA) is 23.1 Å². The van der Waals surface area contributed by atoms with Crippen molar-refractivity contribution in [1.82, 2.24) is 0 Å². The van der Waals surface area contributed by atoms with Crippen LogP contribution in [-0.4, -0.2) is 24.8 Å². The summed E-state index contributed by atoms with van der Waals surface area (Å²) in [6, 6.07) is 3.56. The number of halogens is 2. The summed E-state index contributed by atoms with van der Waals surface area (Å²) in [7, 11) is 1.58. The molecule has 2 unspecified atom stereocenters. The molecule has 0 spiro atoms. The van der Waals surface area contributed by atoms with E-state index in [-0.39, 0.29) is 10.6 Å². The van der Waals surface area contributed by atoms with Crippen LogP contribution in [0, 0.1) is 16.8 Å². The van der Waals surface area contributed by atoms with Crippen LogP contribution in [0.4, 0.5) is 8.78 Å². The number of likely N-dealkylation sites (tertiary alicyclic amines) is 1. The normalized spacial score (nSPS) is 30.8. The van der Waals surface area contributed by atoms with Gasteiger partial charge in [0.25, 0.3) is 0 Å². The van der Waals surface area contributed by atoms with Crippen LogP contribution in [0.5, 0.6) is 0 Å². The Morgan fingerprint density at radius 3 is 2.67 bits per heavy atom. The highest BCUT2D eigenvalue weighted by atomic mass is 19.1. The van der Waals surface area contributed by atoms with Gasteiger partial charge in [0, 0.05) is 18.4 Å². The zero-order chi connectivity index (χ0) is 11.1. The van der Waals surface area contributed by atoms with E-state index >= 15 is 0 Å². The number of hydrogen-bond donors (Lipinski definition) is 0. The van der Waals surface area contributed by atoms with E-state index in [0.717, 1.165) is 6.07 Å². The number of likely N-dealkylation sites (N-methyl/N-ethyl adjacent to an activating group) is 1. The van der Waals surface area contributed by atoms with Crippen molar-refractivity contribution >= 4 is 0 Å². The summed E-state index contributed by atoms with van der Waals surface area (Å²) in [5.74, 6) is -1.19. The molecule has 2 rings (SSSR count). The van der Waals surface area contributed by atoms with Crippen molar-refractivity contribution in [3.63, 3.8) is 0 Å². The zero-order valence-corrected chi connectivity index (χ0v) is 8.54. The SMILES string of the molecule is C[N+]1([O-])CCC(c2ccc(F)cc2F)C1. The van der Waals surface area contributed by atoms with Gasteiger partial charge in [-0.2, -0.15) is 0 Å². The Hall–Kier alpha value is -1.00. The lowest BCUT2D eigenvalue weighted by Crippen LogP contribution is -2.34. The van der Waals surface area contributed by atoms with E-state index in [4.69, 9.17) is 0 Å². The van der Waals surface area contributed by atoms with Crippen LogP contribution in [0.25, 0.3) is 0 Å². The monoisotopic (exact) mass is 213 g/mol. The van der Waals surface area contributed by atoms with E-state index in [0.29, 0.717) is 25.1 Å². The summed E-state index contributed by atoms with van der Waals surface area (Å²) in [6.45, 7) is 0.879. The van der Waals surface area contributed by atoms with Crippen LogP contribution in [0.1, 0.15) is 17.9 Å². The van der Waals surface area contributed by atoms with Crippen molar-refractivity contribution in [3.05, 3.63) is 40.6 Å². The quantitative estimate of drug-likeness (QED) is 0.519.